The molecule has 0 aliphatic heterocycles. The Kier molecular flexibility index (Phi) is 27.5. The van der Waals surface area contributed by atoms with Gasteiger partial charge in [0.2, 0.25) is 0 Å². The second-order valence-corrected chi connectivity index (χ2v) is 2.01. The second-order valence-electron chi connectivity index (χ2n) is 2.01. The maximum atomic E-state index is 3.73. The SMILES string of the molecule is [CH2-]C.[CH2-]CCCN(C)C.[Zn+2]. The van der Waals surface area contributed by atoms with Gasteiger partial charge in [0.15, 0.2) is 0 Å². The molecule has 0 unspecified atom stereocenters. The second kappa shape index (κ2) is 16.3. The minimum atomic E-state index is 0. The van der Waals surface area contributed by atoms with Crippen LogP contribution < -0.4 is 0 Å². The first-order valence-corrected chi connectivity index (χ1v) is 3.42. The van der Waals surface area contributed by atoms with Gasteiger partial charge in [-0.1, -0.05) is 6.42 Å². The van der Waals surface area contributed by atoms with Gasteiger partial charge in [-0.15, -0.1) is 0 Å². The van der Waals surface area contributed by atoms with Crippen LogP contribution >= 0.6 is 0 Å². The third-order valence-corrected chi connectivity index (χ3v) is 0.855. The van der Waals surface area contributed by atoms with Crippen LogP contribution in [0.2, 0.25) is 0 Å². The molecule has 0 radical (unpaired) electrons. The molecule has 0 aliphatic carbocycles. The zero-order valence-electron chi connectivity index (χ0n) is 7.69. The van der Waals surface area contributed by atoms with Crippen molar-refractivity contribution >= 4 is 0 Å². The first kappa shape index (κ1) is 16.9. The maximum Gasteiger partial charge on any atom is 2.00 e. The van der Waals surface area contributed by atoms with Crippen molar-refractivity contribution in [2.45, 2.75) is 19.8 Å². The Morgan fingerprint density at radius 3 is 1.70 bits per heavy atom. The van der Waals surface area contributed by atoms with Gasteiger partial charge in [-0.2, -0.15) is 13.3 Å². The van der Waals surface area contributed by atoms with Crippen molar-refractivity contribution in [1.29, 1.82) is 0 Å². The first-order valence-electron chi connectivity index (χ1n) is 3.42. The van der Waals surface area contributed by atoms with Gasteiger partial charge in [-0.25, -0.2) is 0 Å². The molecule has 2 heteroatoms. The van der Waals surface area contributed by atoms with E-state index in [1.54, 1.807) is 6.92 Å². The zero-order valence-corrected chi connectivity index (χ0v) is 10.7. The summed E-state index contributed by atoms with van der Waals surface area (Å²) in [6.45, 7) is 9.90. The molecule has 0 bridgehead atoms. The topological polar surface area (TPSA) is 3.24 Å². The smallest absolute Gasteiger partial charge is 0.346 e. The zero-order chi connectivity index (χ0) is 7.70. The van der Waals surface area contributed by atoms with Crippen molar-refractivity contribution < 1.29 is 19.5 Å². The quantitative estimate of drug-likeness (QED) is 0.491. The van der Waals surface area contributed by atoms with E-state index < -0.39 is 0 Å². The van der Waals surface area contributed by atoms with Crippen LogP contribution in [-0.4, -0.2) is 25.5 Å². The van der Waals surface area contributed by atoms with Crippen LogP contribution in [0.1, 0.15) is 19.8 Å². The fourth-order valence-corrected chi connectivity index (χ4v) is 0.428. The number of unbranched alkanes of at least 4 members (excludes halogenated alkanes) is 1. The molecule has 0 aliphatic rings. The molecule has 10 heavy (non-hydrogen) atoms. The molecule has 0 atom stereocenters. The predicted octanol–water partition coefficient (Wildman–Crippen LogP) is 2.00. The Labute approximate surface area is 78.9 Å². The summed E-state index contributed by atoms with van der Waals surface area (Å²) >= 11 is 0. The third-order valence-electron chi connectivity index (χ3n) is 0.855. The summed E-state index contributed by atoms with van der Waals surface area (Å²) < 4.78 is 0. The van der Waals surface area contributed by atoms with Crippen molar-refractivity contribution in [2.75, 3.05) is 20.6 Å². The predicted molar refractivity (Wildman–Crippen MR) is 44.2 cm³/mol. The normalized spacial score (nSPS) is 7.80. The Bertz CT molecular complexity index is 38.2. The number of nitrogens with zero attached hydrogens (tertiary/aromatic N) is 1. The minimum absolute atomic E-state index is 0. The molecular weight excluding hydrogens is 175 g/mol. The summed E-state index contributed by atoms with van der Waals surface area (Å²) in [4.78, 5) is 2.17. The first-order chi connectivity index (χ1) is 4.27. The third kappa shape index (κ3) is 23.5. The largest absolute Gasteiger partial charge is 2.00 e. The Morgan fingerprint density at radius 1 is 1.20 bits per heavy atom. The van der Waals surface area contributed by atoms with Gasteiger partial charge < -0.3 is 18.7 Å². The summed E-state index contributed by atoms with van der Waals surface area (Å²) in [7, 11) is 4.16. The molecule has 0 heterocycles. The van der Waals surface area contributed by atoms with E-state index in [1.165, 1.54) is 13.0 Å². The van der Waals surface area contributed by atoms with Crippen LogP contribution in [0.15, 0.2) is 0 Å². The number of rotatable bonds is 3. The molecule has 0 spiro atoms. The minimum Gasteiger partial charge on any atom is -0.346 e. The van der Waals surface area contributed by atoms with Crippen molar-refractivity contribution in [2.24, 2.45) is 0 Å². The van der Waals surface area contributed by atoms with Gasteiger partial charge >= 0.3 is 19.5 Å². The number of hydrogen-bond donors (Lipinski definition) is 0. The van der Waals surface area contributed by atoms with Crippen molar-refractivity contribution in [3.05, 3.63) is 13.8 Å². The van der Waals surface area contributed by atoms with E-state index in [1.807, 2.05) is 0 Å². The van der Waals surface area contributed by atoms with E-state index in [0.29, 0.717) is 0 Å². The Balaban J connectivity index is -0.000000149. The molecule has 0 saturated carbocycles. The molecule has 0 amide bonds. The van der Waals surface area contributed by atoms with Crippen LogP contribution in [-0.2, 0) is 19.5 Å². The molecule has 58 valence electrons. The average Bonchev–Trinajstić information content (AvgIpc) is 1.88. The van der Waals surface area contributed by atoms with E-state index >= 15 is 0 Å². The van der Waals surface area contributed by atoms with E-state index in [4.69, 9.17) is 0 Å². The average molecular weight is 195 g/mol. The molecule has 0 fully saturated rings. The molecule has 0 rings (SSSR count). The van der Waals surface area contributed by atoms with Gasteiger partial charge in [-0.05, 0) is 20.6 Å². The Morgan fingerprint density at radius 2 is 1.60 bits per heavy atom. The fraction of sp³-hybridized carbons (Fsp3) is 0.750. The summed E-state index contributed by atoms with van der Waals surface area (Å²) in [5.41, 5.74) is 0. The number of hydrogen-bond acceptors (Lipinski definition) is 1. The van der Waals surface area contributed by atoms with Gasteiger partial charge in [0, 0.05) is 0 Å². The monoisotopic (exact) mass is 193 g/mol. The van der Waals surface area contributed by atoms with E-state index in [-0.39, 0.29) is 19.5 Å². The van der Waals surface area contributed by atoms with Crippen molar-refractivity contribution in [3.8, 4) is 0 Å². The van der Waals surface area contributed by atoms with E-state index in [0.717, 1.165) is 6.42 Å². The van der Waals surface area contributed by atoms with Crippen LogP contribution in [0.3, 0.4) is 0 Å². The van der Waals surface area contributed by atoms with Crippen LogP contribution in [0.5, 0.6) is 0 Å². The molecule has 0 aromatic rings. The standard InChI is InChI=1S/C6H14N.C2H5.Zn/c1-4-5-6-7(2)3;1-2;/h1,4-6H2,2-3H3;1H2,2H3;/q2*-1;+2. The molecule has 1 nitrogen and oxygen atoms in total. The van der Waals surface area contributed by atoms with Crippen LogP contribution in [0, 0.1) is 13.8 Å². The summed E-state index contributed by atoms with van der Waals surface area (Å²) in [6, 6.07) is 0. The molecule has 0 aromatic carbocycles. The summed E-state index contributed by atoms with van der Waals surface area (Å²) in [5, 5.41) is 0. The summed E-state index contributed by atoms with van der Waals surface area (Å²) in [6.07, 6.45) is 2.27. The van der Waals surface area contributed by atoms with E-state index in [9.17, 15) is 0 Å². The van der Waals surface area contributed by atoms with E-state index in [2.05, 4.69) is 32.8 Å². The van der Waals surface area contributed by atoms with Gasteiger partial charge in [-0.3, -0.25) is 0 Å². The Hall–Kier alpha value is 0.583. The maximum absolute atomic E-state index is 3.73. The summed E-state index contributed by atoms with van der Waals surface area (Å²) in [5.74, 6) is 0. The molecule has 0 N–H and O–H groups in total. The molecule has 0 aromatic heterocycles. The van der Waals surface area contributed by atoms with Crippen molar-refractivity contribution in [1.82, 2.24) is 4.90 Å². The van der Waals surface area contributed by atoms with Gasteiger partial charge in [0.25, 0.3) is 0 Å². The molecular formula is C8H19NZn. The van der Waals surface area contributed by atoms with Gasteiger partial charge in [0.05, 0.1) is 0 Å². The van der Waals surface area contributed by atoms with Crippen LogP contribution in [0.25, 0.3) is 0 Å². The van der Waals surface area contributed by atoms with Crippen LogP contribution in [0.4, 0.5) is 0 Å². The van der Waals surface area contributed by atoms with Gasteiger partial charge in [0.1, 0.15) is 0 Å². The van der Waals surface area contributed by atoms with Crippen molar-refractivity contribution in [3.63, 3.8) is 0 Å². The fourth-order valence-electron chi connectivity index (χ4n) is 0.428. The molecule has 0 saturated heterocycles.